The maximum atomic E-state index is 5.61. The second-order valence-electron chi connectivity index (χ2n) is 3.90. The Hall–Kier alpha value is -0.450. The number of nitrogens with one attached hydrogen (secondary N) is 1. The number of aromatic nitrogens is 1. The van der Waals surface area contributed by atoms with Crippen LogP contribution in [0.15, 0.2) is 11.7 Å². The Morgan fingerprint density at radius 1 is 1.44 bits per heavy atom. The second kappa shape index (κ2) is 8.67. The van der Waals surface area contributed by atoms with Crippen LogP contribution in [0.5, 0.6) is 0 Å². The molecule has 1 aromatic rings. The molecule has 0 radical (unpaired) electrons. The van der Waals surface area contributed by atoms with Crippen molar-refractivity contribution < 1.29 is 4.74 Å². The first-order chi connectivity index (χ1) is 7.86. The zero-order chi connectivity index (χ0) is 11.6. The largest absolute Gasteiger partial charge is 0.380 e. The fraction of sp³-hybridized carbons (Fsp3) is 0.750. The van der Waals surface area contributed by atoms with Crippen molar-refractivity contribution in [3.63, 3.8) is 0 Å². The molecule has 0 saturated heterocycles. The molecule has 0 bridgehead atoms. The van der Waals surface area contributed by atoms with Gasteiger partial charge in [0.2, 0.25) is 0 Å². The van der Waals surface area contributed by atoms with Crippen molar-refractivity contribution >= 4 is 11.3 Å². The third-order valence-corrected chi connectivity index (χ3v) is 3.08. The van der Waals surface area contributed by atoms with Crippen molar-refractivity contribution in [3.05, 3.63) is 16.6 Å². The van der Waals surface area contributed by atoms with Gasteiger partial charge >= 0.3 is 0 Å². The molecular weight excluding hydrogens is 220 g/mol. The summed E-state index contributed by atoms with van der Waals surface area (Å²) in [5.74, 6) is 0. The predicted octanol–water partition coefficient (Wildman–Crippen LogP) is 2.48. The SMILES string of the molecule is CCCNC(COCCC)Cc1cncs1. The molecule has 1 rings (SSSR count). The highest BCUT2D eigenvalue weighted by atomic mass is 32.1. The van der Waals surface area contributed by atoms with Crippen LogP contribution in [0.2, 0.25) is 0 Å². The molecule has 0 aliphatic carbocycles. The van der Waals surface area contributed by atoms with E-state index in [1.807, 2.05) is 11.7 Å². The van der Waals surface area contributed by atoms with E-state index >= 15 is 0 Å². The number of rotatable bonds is 9. The predicted molar refractivity (Wildman–Crippen MR) is 69.0 cm³/mol. The first-order valence-corrected chi connectivity index (χ1v) is 6.93. The normalized spacial score (nSPS) is 12.9. The van der Waals surface area contributed by atoms with Gasteiger partial charge in [0.05, 0.1) is 12.1 Å². The minimum absolute atomic E-state index is 0.423. The van der Waals surface area contributed by atoms with Gasteiger partial charge in [0.1, 0.15) is 0 Å². The fourth-order valence-electron chi connectivity index (χ4n) is 1.49. The van der Waals surface area contributed by atoms with Crippen molar-refractivity contribution in [1.29, 1.82) is 0 Å². The molecule has 4 heteroatoms. The first-order valence-electron chi connectivity index (χ1n) is 6.05. The second-order valence-corrected chi connectivity index (χ2v) is 4.87. The standard InChI is InChI=1S/C12H22N2OS/c1-3-5-14-11(9-15-6-4-2)7-12-8-13-10-16-12/h8,10-11,14H,3-7,9H2,1-2H3. The molecule has 0 aliphatic heterocycles. The van der Waals surface area contributed by atoms with Crippen LogP contribution in [0, 0.1) is 0 Å². The lowest BCUT2D eigenvalue weighted by Gasteiger charge is -2.17. The first kappa shape index (κ1) is 13.6. The summed E-state index contributed by atoms with van der Waals surface area (Å²) in [5, 5.41) is 3.52. The molecule has 16 heavy (non-hydrogen) atoms. The number of hydrogen-bond acceptors (Lipinski definition) is 4. The van der Waals surface area contributed by atoms with Gasteiger partial charge in [0.25, 0.3) is 0 Å². The molecule has 1 heterocycles. The Bertz CT molecular complexity index is 252. The minimum Gasteiger partial charge on any atom is -0.380 e. The van der Waals surface area contributed by atoms with Gasteiger partial charge in [-0.05, 0) is 19.4 Å². The third kappa shape index (κ3) is 5.58. The molecule has 1 atom stereocenters. The van der Waals surface area contributed by atoms with E-state index in [0.717, 1.165) is 39.0 Å². The zero-order valence-electron chi connectivity index (χ0n) is 10.2. The van der Waals surface area contributed by atoms with Gasteiger partial charge in [-0.15, -0.1) is 11.3 Å². The summed E-state index contributed by atoms with van der Waals surface area (Å²) in [4.78, 5) is 5.43. The average molecular weight is 242 g/mol. The van der Waals surface area contributed by atoms with E-state index in [1.165, 1.54) is 4.88 Å². The number of hydrogen-bond donors (Lipinski definition) is 1. The van der Waals surface area contributed by atoms with Crippen molar-refractivity contribution in [2.45, 2.75) is 39.2 Å². The van der Waals surface area contributed by atoms with E-state index in [9.17, 15) is 0 Å². The number of thiazole rings is 1. The van der Waals surface area contributed by atoms with Crippen LogP contribution in [0.4, 0.5) is 0 Å². The van der Waals surface area contributed by atoms with Crippen LogP contribution in [-0.4, -0.2) is 30.8 Å². The Morgan fingerprint density at radius 2 is 2.31 bits per heavy atom. The number of ether oxygens (including phenoxy) is 1. The van der Waals surface area contributed by atoms with Crippen LogP contribution in [0.1, 0.15) is 31.6 Å². The molecule has 1 unspecified atom stereocenters. The highest BCUT2D eigenvalue weighted by Crippen LogP contribution is 2.09. The van der Waals surface area contributed by atoms with Crippen LogP contribution in [0.3, 0.4) is 0 Å². The van der Waals surface area contributed by atoms with Crippen LogP contribution in [0.25, 0.3) is 0 Å². The monoisotopic (exact) mass is 242 g/mol. The summed E-state index contributed by atoms with van der Waals surface area (Å²) in [6.45, 7) is 7.03. The van der Waals surface area contributed by atoms with Crippen molar-refractivity contribution in [1.82, 2.24) is 10.3 Å². The molecule has 0 aromatic carbocycles. The van der Waals surface area contributed by atoms with Gasteiger partial charge in [-0.2, -0.15) is 0 Å². The Kier molecular flexibility index (Phi) is 7.38. The number of nitrogens with zero attached hydrogens (tertiary/aromatic N) is 1. The Balaban J connectivity index is 2.31. The van der Waals surface area contributed by atoms with Crippen molar-refractivity contribution in [2.24, 2.45) is 0 Å². The third-order valence-electron chi connectivity index (χ3n) is 2.28. The summed E-state index contributed by atoms with van der Waals surface area (Å²) in [5.41, 5.74) is 1.89. The molecule has 3 nitrogen and oxygen atoms in total. The molecule has 92 valence electrons. The van der Waals surface area contributed by atoms with Crippen LogP contribution < -0.4 is 5.32 Å². The van der Waals surface area contributed by atoms with E-state index in [4.69, 9.17) is 4.74 Å². The molecule has 0 saturated carbocycles. The van der Waals surface area contributed by atoms with Gasteiger partial charge in [-0.1, -0.05) is 13.8 Å². The molecule has 0 aliphatic rings. The minimum atomic E-state index is 0.423. The van der Waals surface area contributed by atoms with Gasteiger partial charge in [-0.3, -0.25) is 4.98 Å². The van der Waals surface area contributed by atoms with Gasteiger partial charge in [-0.25, -0.2) is 0 Å². The van der Waals surface area contributed by atoms with Gasteiger partial charge < -0.3 is 10.1 Å². The van der Waals surface area contributed by atoms with E-state index in [-0.39, 0.29) is 0 Å². The van der Waals surface area contributed by atoms with Crippen molar-refractivity contribution in [3.8, 4) is 0 Å². The summed E-state index contributed by atoms with van der Waals surface area (Å²) < 4.78 is 5.61. The van der Waals surface area contributed by atoms with E-state index < -0.39 is 0 Å². The molecular formula is C12H22N2OS. The highest BCUT2D eigenvalue weighted by Gasteiger charge is 2.09. The molecule has 1 aromatic heterocycles. The zero-order valence-corrected chi connectivity index (χ0v) is 11.1. The lowest BCUT2D eigenvalue weighted by Crippen LogP contribution is -2.35. The molecule has 0 fully saturated rings. The smallest absolute Gasteiger partial charge is 0.0794 e. The van der Waals surface area contributed by atoms with E-state index in [2.05, 4.69) is 24.1 Å². The van der Waals surface area contributed by atoms with Crippen LogP contribution in [-0.2, 0) is 11.2 Å². The van der Waals surface area contributed by atoms with E-state index in [0.29, 0.717) is 6.04 Å². The van der Waals surface area contributed by atoms with Crippen LogP contribution >= 0.6 is 11.3 Å². The summed E-state index contributed by atoms with van der Waals surface area (Å²) in [6, 6.07) is 0.423. The van der Waals surface area contributed by atoms with Gasteiger partial charge in [0.15, 0.2) is 0 Å². The summed E-state index contributed by atoms with van der Waals surface area (Å²) in [6.07, 6.45) is 5.22. The maximum absolute atomic E-state index is 5.61. The van der Waals surface area contributed by atoms with E-state index in [1.54, 1.807) is 11.3 Å². The summed E-state index contributed by atoms with van der Waals surface area (Å²) in [7, 11) is 0. The Morgan fingerprint density at radius 3 is 2.94 bits per heavy atom. The summed E-state index contributed by atoms with van der Waals surface area (Å²) >= 11 is 1.72. The lowest BCUT2D eigenvalue weighted by molar-refractivity contribution is 0.112. The molecule has 0 spiro atoms. The highest BCUT2D eigenvalue weighted by molar-refractivity contribution is 7.09. The Labute approximate surface area is 102 Å². The topological polar surface area (TPSA) is 34.1 Å². The lowest BCUT2D eigenvalue weighted by atomic mass is 10.2. The fourth-order valence-corrected chi connectivity index (χ4v) is 2.17. The van der Waals surface area contributed by atoms with Gasteiger partial charge in [0, 0.05) is 30.1 Å². The quantitative estimate of drug-likeness (QED) is 0.676. The maximum Gasteiger partial charge on any atom is 0.0794 e. The average Bonchev–Trinajstić information content (AvgIpc) is 2.78. The molecule has 0 amide bonds. The molecule has 1 N–H and O–H groups in total. The van der Waals surface area contributed by atoms with Crippen molar-refractivity contribution in [2.75, 3.05) is 19.8 Å².